The Morgan fingerprint density at radius 1 is 1.41 bits per heavy atom. The Bertz CT molecular complexity index is 392. The molecule has 0 aliphatic heterocycles. The summed E-state index contributed by atoms with van der Waals surface area (Å²) < 4.78 is 25.7. The van der Waals surface area contributed by atoms with E-state index in [0.717, 1.165) is 18.2 Å². The predicted octanol–water partition coefficient (Wildman–Crippen LogP) is 1.81. The van der Waals surface area contributed by atoms with Gasteiger partial charge >= 0.3 is 6.03 Å². The summed E-state index contributed by atoms with van der Waals surface area (Å²) in [5.74, 6) is -1.53. The zero-order chi connectivity index (χ0) is 13.0. The summed E-state index contributed by atoms with van der Waals surface area (Å²) in [6.45, 7) is 1.45. The van der Waals surface area contributed by atoms with Crippen LogP contribution in [0.3, 0.4) is 0 Å². The first-order chi connectivity index (χ1) is 7.93. The summed E-state index contributed by atoms with van der Waals surface area (Å²) >= 11 is 0. The van der Waals surface area contributed by atoms with Gasteiger partial charge in [0.2, 0.25) is 0 Å². The van der Waals surface area contributed by atoms with Crippen molar-refractivity contribution < 1.29 is 18.7 Å². The van der Waals surface area contributed by atoms with Gasteiger partial charge in [-0.25, -0.2) is 13.6 Å². The standard InChI is InChI=1S/C11H14F2N2O2/c1-7(6-16)15(2)11(17)14-10-4-8(12)3-9(13)5-10/h3-5,7,16H,6H2,1-2H3,(H,14,17). The molecule has 0 heterocycles. The van der Waals surface area contributed by atoms with Crippen LogP contribution in [0.2, 0.25) is 0 Å². The Kier molecular flexibility index (Phi) is 4.39. The summed E-state index contributed by atoms with van der Waals surface area (Å²) in [7, 11) is 1.48. The molecule has 0 bridgehead atoms. The van der Waals surface area contributed by atoms with E-state index in [1.807, 2.05) is 0 Å². The molecule has 0 fully saturated rings. The van der Waals surface area contributed by atoms with Crippen LogP contribution in [0.4, 0.5) is 19.3 Å². The van der Waals surface area contributed by atoms with Crippen LogP contribution >= 0.6 is 0 Å². The van der Waals surface area contributed by atoms with Crippen molar-refractivity contribution in [2.45, 2.75) is 13.0 Å². The second-order valence-corrected chi connectivity index (χ2v) is 3.73. The molecule has 94 valence electrons. The van der Waals surface area contributed by atoms with Crippen LogP contribution in [0, 0.1) is 11.6 Å². The number of anilines is 1. The molecule has 2 amide bonds. The minimum absolute atomic E-state index is 0.0319. The van der Waals surface area contributed by atoms with Crippen LogP contribution in [-0.4, -0.2) is 35.7 Å². The lowest BCUT2D eigenvalue weighted by Crippen LogP contribution is -2.40. The van der Waals surface area contributed by atoms with Gasteiger partial charge in [0.05, 0.1) is 12.6 Å². The van der Waals surface area contributed by atoms with Crippen molar-refractivity contribution in [3.63, 3.8) is 0 Å². The first kappa shape index (κ1) is 13.4. The Balaban J connectivity index is 2.74. The average Bonchev–Trinajstić information content (AvgIpc) is 2.25. The molecule has 17 heavy (non-hydrogen) atoms. The highest BCUT2D eigenvalue weighted by molar-refractivity contribution is 5.89. The second kappa shape index (κ2) is 5.58. The number of aliphatic hydroxyl groups is 1. The molecule has 1 rings (SSSR count). The van der Waals surface area contributed by atoms with Gasteiger partial charge in [-0.2, -0.15) is 0 Å². The molecule has 2 N–H and O–H groups in total. The van der Waals surface area contributed by atoms with Crippen LogP contribution in [0.5, 0.6) is 0 Å². The fourth-order valence-corrected chi connectivity index (χ4v) is 1.16. The maximum Gasteiger partial charge on any atom is 0.321 e. The number of carbonyl (C=O) groups is 1. The van der Waals surface area contributed by atoms with E-state index in [2.05, 4.69) is 5.32 Å². The molecular weight excluding hydrogens is 230 g/mol. The molecule has 1 aromatic carbocycles. The van der Waals surface area contributed by atoms with Crippen molar-refractivity contribution in [3.05, 3.63) is 29.8 Å². The van der Waals surface area contributed by atoms with Gasteiger partial charge in [0, 0.05) is 18.8 Å². The molecule has 0 aliphatic rings. The topological polar surface area (TPSA) is 52.6 Å². The van der Waals surface area contributed by atoms with Gasteiger partial charge in [0.15, 0.2) is 0 Å². The fraction of sp³-hybridized carbons (Fsp3) is 0.364. The van der Waals surface area contributed by atoms with E-state index in [4.69, 9.17) is 5.11 Å². The van der Waals surface area contributed by atoms with E-state index in [1.165, 1.54) is 11.9 Å². The average molecular weight is 244 g/mol. The summed E-state index contributed by atoms with van der Waals surface area (Å²) in [5.41, 5.74) is 0.0319. The number of amides is 2. The number of halogens is 2. The molecule has 0 aromatic heterocycles. The molecule has 4 nitrogen and oxygen atoms in total. The van der Waals surface area contributed by atoms with E-state index in [-0.39, 0.29) is 18.3 Å². The Morgan fingerprint density at radius 3 is 2.41 bits per heavy atom. The lowest BCUT2D eigenvalue weighted by atomic mass is 10.3. The van der Waals surface area contributed by atoms with Crippen LogP contribution in [0.15, 0.2) is 18.2 Å². The van der Waals surface area contributed by atoms with E-state index < -0.39 is 17.7 Å². The van der Waals surface area contributed by atoms with E-state index in [0.29, 0.717) is 0 Å². The number of aliphatic hydroxyl groups excluding tert-OH is 1. The summed E-state index contributed by atoms with van der Waals surface area (Å²) in [4.78, 5) is 12.8. The number of urea groups is 1. The van der Waals surface area contributed by atoms with Gasteiger partial charge < -0.3 is 15.3 Å². The SMILES string of the molecule is CC(CO)N(C)C(=O)Nc1cc(F)cc(F)c1. The monoisotopic (exact) mass is 244 g/mol. The Hall–Kier alpha value is -1.69. The third-order valence-electron chi connectivity index (χ3n) is 2.36. The largest absolute Gasteiger partial charge is 0.394 e. The third-order valence-corrected chi connectivity index (χ3v) is 2.36. The van der Waals surface area contributed by atoms with Crippen molar-refractivity contribution in [1.29, 1.82) is 0 Å². The van der Waals surface area contributed by atoms with Crippen LogP contribution in [0.25, 0.3) is 0 Å². The molecule has 1 atom stereocenters. The number of nitrogens with zero attached hydrogens (tertiary/aromatic N) is 1. The van der Waals surface area contributed by atoms with Crippen molar-refractivity contribution in [2.24, 2.45) is 0 Å². The quantitative estimate of drug-likeness (QED) is 0.852. The van der Waals surface area contributed by atoms with Crippen molar-refractivity contribution in [1.82, 2.24) is 4.90 Å². The number of hydrogen-bond donors (Lipinski definition) is 2. The third kappa shape index (κ3) is 3.67. The van der Waals surface area contributed by atoms with Crippen LogP contribution < -0.4 is 5.32 Å². The van der Waals surface area contributed by atoms with Gasteiger partial charge in [-0.3, -0.25) is 0 Å². The number of nitrogens with one attached hydrogen (secondary N) is 1. The number of benzene rings is 1. The highest BCUT2D eigenvalue weighted by atomic mass is 19.1. The molecule has 0 radical (unpaired) electrons. The zero-order valence-corrected chi connectivity index (χ0v) is 9.58. The van der Waals surface area contributed by atoms with E-state index in [9.17, 15) is 13.6 Å². The minimum atomic E-state index is -0.766. The molecule has 0 aliphatic carbocycles. The van der Waals surface area contributed by atoms with Gasteiger partial charge in [-0.1, -0.05) is 0 Å². The van der Waals surface area contributed by atoms with Crippen LogP contribution in [-0.2, 0) is 0 Å². The van der Waals surface area contributed by atoms with Crippen molar-refractivity contribution in [2.75, 3.05) is 19.0 Å². The first-order valence-electron chi connectivity index (χ1n) is 5.04. The summed E-state index contributed by atoms with van der Waals surface area (Å²) in [6, 6.07) is 1.82. The minimum Gasteiger partial charge on any atom is -0.394 e. The Labute approximate surface area is 97.9 Å². The Morgan fingerprint density at radius 2 is 1.94 bits per heavy atom. The highest BCUT2D eigenvalue weighted by Gasteiger charge is 2.15. The van der Waals surface area contributed by atoms with Crippen molar-refractivity contribution >= 4 is 11.7 Å². The van der Waals surface area contributed by atoms with Crippen molar-refractivity contribution in [3.8, 4) is 0 Å². The van der Waals surface area contributed by atoms with Crippen LogP contribution in [0.1, 0.15) is 6.92 Å². The molecule has 1 unspecified atom stereocenters. The predicted molar refractivity (Wildman–Crippen MR) is 59.7 cm³/mol. The maximum absolute atomic E-state index is 12.9. The lowest BCUT2D eigenvalue weighted by molar-refractivity contribution is 0.166. The van der Waals surface area contributed by atoms with E-state index in [1.54, 1.807) is 6.92 Å². The normalized spacial score (nSPS) is 12.1. The summed E-state index contributed by atoms with van der Waals surface area (Å²) in [6.07, 6.45) is 0. The lowest BCUT2D eigenvalue weighted by Gasteiger charge is -2.23. The number of hydrogen-bond acceptors (Lipinski definition) is 2. The molecule has 0 saturated heterocycles. The maximum atomic E-state index is 12.9. The molecule has 1 aromatic rings. The smallest absolute Gasteiger partial charge is 0.321 e. The molecule has 6 heteroatoms. The number of carbonyl (C=O) groups excluding carboxylic acids is 1. The number of rotatable bonds is 3. The fourth-order valence-electron chi connectivity index (χ4n) is 1.16. The zero-order valence-electron chi connectivity index (χ0n) is 9.58. The highest BCUT2D eigenvalue weighted by Crippen LogP contribution is 2.13. The first-order valence-corrected chi connectivity index (χ1v) is 5.04. The molecule has 0 spiro atoms. The second-order valence-electron chi connectivity index (χ2n) is 3.73. The van der Waals surface area contributed by atoms with Gasteiger partial charge in [0.25, 0.3) is 0 Å². The molecular formula is C11H14F2N2O2. The number of likely N-dealkylation sites (N-methyl/N-ethyl adjacent to an activating group) is 1. The van der Waals surface area contributed by atoms with Gasteiger partial charge in [-0.15, -0.1) is 0 Å². The van der Waals surface area contributed by atoms with Gasteiger partial charge in [-0.05, 0) is 19.1 Å². The molecule has 0 saturated carbocycles. The summed E-state index contributed by atoms with van der Waals surface area (Å²) in [5, 5.41) is 11.2. The van der Waals surface area contributed by atoms with E-state index >= 15 is 0 Å². The van der Waals surface area contributed by atoms with Gasteiger partial charge in [0.1, 0.15) is 11.6 Å².